The summed E-state index contributed by atoms with van der Waals surface area (Å²) in [6.07, 6.45) is -0.0327. The van der Waals surface area contributed by atoms with Gasteiger partial charge in [0.2, 0.25) is 5.65 Å². The largest absolute Gasteiger partial charge is 0.389 e. The first kappa shape index (κ1) is 13.0. The fourth-order valence-corrected chi connectivity index (χ4v) is 2.52. The van der Waals surface area contributed by atoms with Crippen molar-refractivity contribution in [3.8, 4) is 0 Å². The van der Waals surface area contributed by atoms with Gasteiger partial charge < -0.3 is 20.3 Å². The second-order valence-corrected chi connectivity index (χ2v) is 4.90. The number of likely N-dealkylation sites (tertiary alicyclic amines) is 1. The van der Waals surface area contributed by atoms with Gasteiger partial charge in [0, 0.05) is 25.7 Å². The number of imidazole rings is 1. The van der Waals surface area contributed by atoms with Crippen molar-refractivity contribution in [1.29, 1.82) is 0 Å². The number of aromatic nitrogens is 2. The van der Waals surface area contributed by atoms with Crippen molar-refractivity contribution in [2.24, 2.45) is 0 Å². The second kappa shape index (κ2) is 4.82. The number of aliphatic hydroxyl groups is 2. The van der Waals surface area contributed by atoms with Crippen molar-refractivity contribution in [3.05, 3.63) is 40.2 Å². The minimum Gasteiger partial charge on any atom is -0.389 e. The van der Waals surface area contributed by atoms with Crippen LogP contribution in [0.2, 0.25) is 0 Å². The fraction of sp³-hybridized carbons (Fsp3) is 0.417. The Balaban J connectivity index is 1.95. The van der Waals surface area contributed by atoms with E-state index in [0.717, 1.165) is 0 Å². The monoisotopic (exact) mass is 278 g/mol. The molecule has 1 saturated heterocycles. The van der Waals surface area contributed by atoms with E-state index in [1.165, 1.54) is 4.40 Å². The summed E-state index contributed by atoms with van der Waals surface area (Å²) >= 11 is 0. The SMILES string of the molecule is O=[N+]([O-])c1c(CN2CC(O)C(O)C2)nc2ccccn12. The predicted molar refractivity (Wildman–Crippen MR) is 69.1 cm³/mol. The molecular weight excluding hydrogens is 264 g/mol. The minimum atomic E-state index is -0.814. The third kappa shape index (κ3) is 2.13. The van der Waals surface area contributed by atoms with E-state index >= 15 is 0 Å². The summed E-state index contributed by atoms with van der Waals surface area (Å²) < 4.78 is 1.43. The van der Waals surface area contributed by atoms with Crippen LogP contribution in [0.3, 0.4) is 0 Å². The molecule has 2 atom stereocenters. The lowest BCUT2D eigenvalue weighted by Crippen LogP contribution is -2.22. The number of β-amino-alcohol motifs (C(OH)–C–C–N with tert-alkyl or cyclic N) is 2. The smallest absolute Gasteiger partial charge is 0.352 e. The molecule has 3 heterocycles. The van der Waals surface area contributed by atoms with Crippen LogP contribution in [0.25, 0.3) is 5.65 Å². The molecule has 8 nitrogen and oxygen atoms in total. The lowest BCUT2D eigenvalue weighted by Gasteiger charge is -2.12. The van der Waals surface area contributed by atoms with E-state index in [1.807, 2.05) is 0 Å². The fourth-order valence-electron chi connectivity index (χ4n) is 2.52. The van der Waals surface area contributed by atoms with E-state index in [0.29, 0.717) is 11.3 Å². The summed E-state index contributed by atoms with van der Waals surface area (Å²) in [5.74, 6) is -0.0727. The van der Waals surface area contributed by atoms with Crippen LogP contribution >= 0.6 is 0 Å². The van der Waals surface area contributed by atoms with Crippen molar-refractivity contribution in [2.75, 3.05) is 13.1 Å². The highest BCUT2D eigenvalue weighted by atomic mass is 16.6. The summed E-state index contributed by atoms with van der Waals surface area (Å²) in [5, 5.41) is 30.3. The van der Waals surface area contributed by atoms with Gasteiger partial charge in [-0.25, -0.2) is 4.98 Å². The maximum Gasteiger partial charge on any atom is 0.352 e. The number of pyridine rings is 1. The molecule has 2 aromatic heterocycles. The van der Waals surface area contributed by atoms with Gasteiger partial charge in [0.05, 0.1) is 18.4 Å². The third-order valence-corrected chi connectivity index (χ3v) is 3.46. The summed E-state index contributed by atoms with van der Waals surface area (Å²) in [5.41, 5.74) is 0.844. The average Bonchev–Trinajstić information content (AvgIpc) is 2.90. The number of fused-ring (bicyclic) bond motifs is 1. The van der Waals surface area contributed by atoms with Crippen LogP contribution in [-0.4, -0.2) is 54.7 Å². The van der Waals surface area contributed by atoms with E-state index in [2.05, 4.69) is 4.98 Å². The molecule has 0 radical (unpaired) electrons. The zero-order valence-electron chi connectivity index (χ0n) is 10.6. The molecule has 2 unspecified atom stereocenters. The van der Waals surface area contributed by atoms with Crippen LogP contribution in [0.1, 0.15) is 5.69 Å². The van der Waals surface area contributed by atoms with Gasteiger partial charge in [-0.1, -0.05) is 6.07 Å². The van der Waals surface area contributed by atoms with Crippen molar-refractivity contribution in [3.63, 3.8) is 0 Å². The van der Waals surface area contributed by atoms with Gasteiger partial charge in [-0.2, -0.15) is 4.40 Å². The Morgan fingerprint density at radius 3 is 2.70 bits per heavy atom. The first-order valence-corrected chi connectivity index (χ1v) is 6.25. The molecule has 0 saturated carbocycles. The van der Waals surface area contributed by atoms with Gasteiger partial charge in [-0.3, -0.25) is 4.90 Å². The van der Waals surface area contributed by atoms with E-state index in [1.54, 1.807) is 29.3 Å². The Morgan fingerprint density at radius 2 is 2.05 bits per heavy atom. The average molecular weight is 278 g/mol. The molecule has 20 heavy (non-hydrogen) atoms. The van der Waals surface area contributed by atoms with Crippen LogP contribution in [0.5, 0.6) is 0 Å². The first-order valence-electron chi connectivity index (χ1n) is 6.25. The number of nitrogens with zero attached hydrogens (tertiary/aromatic N) is 4. The molecule has 3 rings (SSSR count). The number of aliphatic hydroxyl groups excluding tert-OH is 2. The summed E-state index contributed by atoms with van der Waals surface area (Å²) in [4.78, 5) is 16.8. The van der Waals surface area contributed by atoms with Gasteiger partial charge in [0.25, 0.3) is 0 Å². The molecule has 1 aliphatic heterocycles. The molecule has 0 aromatic carbocycles. The number of rotatable bonds is 3. The lowest BCUT2D eigenvalue weighted by atomic mass is 10.3. The Morgan fingerprint density at radius 1 is 1.35 bits per heavy atom. The molecule has 0 aliphatic carbocycles. The van der Waals surface area contributed by atoms with Gasteiger partial charge in [-0.15, -0.1) is 0 Å². The van der Waals surface area contributed by atoms with Crippen LogP contribution in [0, 0.1) is 10.1 Å². The Hall–Kier alpha value is -2.03. The number of hydrogen-bond acceptors (Lipinski definition) is 6. The van der Waals surface area contributed by atoms with Gasteiger partial charge >= 0.3 is 5.82 Å². The first-order chi connectivity index (χ1) is 9.56. The van der Waals surface area contributed by atoms with Gasteiger partial charge in [0.1, 0.15) is 0 Å². The topological polar surface area (TPSA) is 104 Å². The van der Waals surface area contributed by atoms with Crippen molar-refractivity contribution < 1.29 is 15.1 Å². The third-order valence-electron chi connectivity index (χ3n) is 3.46. The molecule has 0 spiro atoms. The molecule has 0 bridgehead atoms. The number of nitro groups is 1. The van der Waals surface area contributed by atoms with Crippen LogP contribution in [0.15, 0.2) is 24.4 Å². The van der Waals surface area contributed by atoms with Crippen molar-refractivity contribution in [1.82, 2.24) is 14.3 Å². The molecule has 106 valence electrons. The molecule has 1 fully saturated rings. The molecule has 1 aliphatic rings. The van der Waals surface area contributed by atoms with E-state index in [-0.39, 0.29) is 25.5 Å². The quantitative estimate of drug-likeness (QED) is 0.594. The van der Waals surface area contributed by atoms with Crippen LogP contribution in [-0.2, 0) is 6.54 Å². The predicted octanol–water partition coefficient (Wildman–Crippen LogP) is -0.220. The molecule has 2 N–H and O–H groups in total. The zero-order valence-corrected chi connectivity index (χ0v) is 10.6. The highest BCUT2D eigenvalue weighted by Crippen LogP contribution is 2.23. The number of hydrogen-bond donors (Lipinski definition) is 2. The zero-order chi connectivity index (χ0) is 14.3. The van der Waals surface area contributed by atoms with Crippen molar-refractivity contribution >= 4 is 11.5 Å². The Bertz CT molecular complexity index is 646. The molecule has 2 aromatic rings. The summed E-state index contributed by atoms with van der Waals surface area (Å²) in [6, 6.07) is 5.16. The molecular formula is C12H14N4O4. The molecule has 8 heteroatoms. The normalized spacial score (nSPS) is 23.5. The van der Waals surface area contributed by atoms with Crippen LogP contribution < -0.4 is 0 Å². The summed E-state index contributed by atoms with van der Waals surface area (Å²) in [6.45, 7) is 0.796. The van der Waals surface area contributed by atoms with Gasteiger partial charge in [-0.05, 0) is 11.0 Å². The van der Waals surface area contributed by atoms with Gasteiger partial charge in [0.15, 0.2) is 5.69 Å². The van der Waals surface area contributed by atoms with Crippen LogP contribution in [0.4, 0.5) is 5.82 Å². The highest BCUT2D eigenvalue weighted by Gasteiger charge is 2.32. The standard InChI is InChI=1S/C12H14N4O4/c17-9-6-14(7-10(9)18)5-8-12(16(19)20)15-4-2-1-3-11(15)13-8/h1-4,9-10,17-18H,5-7H2. The Labute approximate surface area is 114 Å². The Kier molecular flexibility index (Phi) is 3.13. The van der Waals surface area contributed by atoms with E-state index in [9.17, 15) is 20.3 Å². The highest BCUT2D eigenvalue weighted by molar-refractivity contribution is 5.48. The maximum atomic E-state index is 11.2. The van der Waals surface area contributed by atoms with Crippen molar-refractivity contribution in [2.45, 2.75) is 18.8 Å². The minimum absolute atomic E-state index is 0.0727. The second-order valence-electron chi connectivity index (χ2n) is 4.90. The summed E-state index contributed by atoms with van der Waals surface area (Å²) in [7, 11) is 0. The van der Waals surface area contributed by atoms with E-state index in [4.69, 9.17) is 0 Å². The molecule has 0 amide bonds. The lowest BCUT2D eigenvalue weighted by molar-refractivity contribution is -0.391. The maximum absolute atomic E-state index is 11.2. The van der Waals surface area contributed by atoms with E-state index < -0.39 is 17.1 Å².